The molecule has 0 saturated carbocycles. The van der Waals surface area contributed by atoms with E-state index in [2.05, 4.69) is 34.1 Å². The fourth-order valence-electron chi connectivity index (χ4n) is 3.17. The lowest BCUT2D eigenvalue weighted by Crippen LogP contribution is -2.45. The van der Waals surface area contributed by atoms with E-state index in [-0.39, 0.29) is 0 Å². The van der Waals surface area contributed by atoms with E-state index >= 15 is 0 Å². The predicted molar refractivity (Wildman–Crippen MR) is 100 cm³/mol. The van der Waals surface area contributed by atoms with Crippen molar-refractivity contribution in [1.82, 2.24) is 4.90 Å². The zero-order valence-electron chi connectivity index (χ0n) is 15.2. The first-order valence-electron chi connectivity index (χ1n) is 8.55. The molecule has 1 aliphatic heterocycles. The summed E-state index contributed by atoms with van der Waals surface area (Å²) in [7, 11) is 5.07. The molecule has 0 spiro atoms. The Bertz CT molecular complexity index is 658. The van der Waals surface area contributed by atoms with Crippen LogP contribution >= 0.6 is 0 Å². The second-order valence-electron chi connectivity index (χ2n) is 6.18. The smallest absolute Gasteiger partial charge is 0.122 e. The van der Waals surface area contributed by atoms with Crippen molar-refractivity contribution < 1.29 is 14.2 Å². The van der Waals surface area contributed by atoms with E-state index in [9.17, 15) is 0 Å². The highest BCUT2D eigenvalue weighted by Gasteiger charge is 2.18. The third-order valence-electron chi connectivity index (χ3n) is 4.63. The second-order valence-corrected chi connectivity index (χ2v) is 6.18. The summed E-state index contributed by atoms with van der Waals surface area (Å²) in [6.45, 7) is 5.02. The maximum atomic E-state index is 5.36. The fourth-order valence-corrected chi connectivity index (χ4v) is 3.17. The van der Waals surface area contributed by atoms with Crippen LogP contribution in [0.15, 0.2) is 42.5 Å². The average molecular weight is 342 g/mol. The van der Waals surface area contributed by atoms with Crippen molar-refractivity contribution >= 4 is 5.69 Å². The summed E-state index contributed by atoms with van der Waals surface area (Å²) in [4.78, 5) is 4.89. The predicted octanol–water partition coefficient (Wildman–Crippen LogP) is 3.03. The molecule has 134 valence electrons. The van der Waals surface area contributed by atoms with E-state index in [0.29, 0.717) is 0 Å². The van der Waals surface area contributed by atoms with Gasteiger partial charge in [-0.2, -0.15) is 0 Å². The molecule has 0 radical (unpaired) electrons. The Hall–Kier alpha value is -2.40. The molecule has 0 aromatic heterocycles. The molecule has 0 N–H and O–H groups in total. The number of piperazine rings is 1. The van der Waals surface area contributed by atoms with Gasteiger partial charge in [-0.25, -0.2) is 0 Å². The van der Waals surface area contributed by atoms with E-state index in [0.717, 1.165) is 50.0 Å². The molecular weight excluding hydrogens is 316 g/mol. The molecule has 1 heterocycles. The summed E-state index contributed by atoms with van der Waals surface area (Å²) in [5, 5.41) is 0. The maximum absolute atomic E-state index is 5.36. The molecule has 2 aromatic rings. The van der Waals surface area contributed by atoms with Gasteiger partial charge in [0.2, 0.25) is 0 Å². The third-order valence-corrected chi connectivity index (χ3v) is 4.63. The van der Waals surface area contributed by atoms with Crippen LogP contribution in [0.25, 0.3) is 0 Å². The van der Waals surface area contributed by atoms with Crippen LogP contribution in [-0.4, -0.2) is 52.4 Å². The highest BCUT2D eigenvalue weighted by atomic mass is 16.5. The number of benzene rings is 2. The normalized spacial score (nSPS) is 15.1. The number of nitrogens with zero attached hydrogens (tertiary/aromatic N) is 2. The lowest BCUT2D eigenvalue weighted by atomic mass is 10.1. The lowest BCUT2D eigenvalue weighted by molar-refractivity contribution is 0.249. The van der Waals surface area contributed by atoms with Crippen LogP contribution in [0.5, 0.6) is 17.2 Å². The van der Waals surface area contributed by atoms with Gasteiger partial charge >= 0.3 is 0 Å². The summed E-state index contributed by atoms with van der Waals surface area (Å²) in [5.74, 6) is 2.58. The first kappa shape index (κ1) is 17.4. The molecule has 2 aromatic carbocycles. The van der Waals surface area contributed by atoms with Crippen molar-refractivity contribution in [3.63, 3.8) is 0 Å². The van der Waals surface area contributed by atoms with Gasteiger partial charge in [-0.05, 0) is 42.0 Å². The van der Waals surface area contributed by atoms with Crippen LogP contribution in [0.4, 0.5) is 5.69 Å². The van der Waals surface area contributed by atoms with E-state index in [4.69, 9.17) is 14.2 Å². The highest BCUT2D eigenvalue weighted by molar-refractivity contribution is 5.49. The molecule has 5 heteroatoms. The molecule has 0 atom stereocenters. The minimum atomic E-state index is 0.839. The van der Waals surface area contributed by atoms with Crippen molar-refractivity contribution in [2.24, 2.45) is 0 Å². The topological polar surface area (TPSA) is 34.2 Å². The first-order chi connectivity index (χ1) is 12.2. The van der Waals surface area contributed by atoms with Crippen molar-refractivity contribution in [1.29, 1.82) is 0 Å². The highest BCUT2D eigenvalue weighted by Crippen LogP contribution is 2.25. The van der Waals surface area contributed by atoms with Crippen molar-refractivity contribution in [2.45, 2.75) is 6.54 Å². The molecular formula is C20H26N2O3. The van der Waals surface area contributed by atoms with E-state index in [1.54, 1.807) is 21.3 Å². The number of ether oxygens (including phenoxy) is 3. The van der Waals surface area contributed by atoms with Gasteiger partial charge in [0.1, 0.15) is 17.2 Å². The first-order valence-corrected chi connectivity index (χ1v) is 8.55. The third kappa shape index (κ3) is 4.37. The Kier molecular flexibility index (Phi) is 5.66. The number of rotatable bonds is 6. The van der Waals surface area contributed by atoms with E-state index in [1.807, 2.05) is 18.2 Å². The van der Waals surface area contributed by atoms with Crippen molar-refractivity contribution in [2.75, 3.05) is 52.4 Å². The quantitative estimate of drug-likeness (QED) is 0.806. The molecule has 0 bridgehead atoms. The standard InChI is InChI=1S/C20H26N2O3/c1-23-18-6-4-17(5-7-18)22-10-8-21(9-11-22)15-16-12-19(24-2)14-20(13-16)25-3/h4-7,12-14H,8-11,15H2,1-3H3. The molecule has 0 aliphatic carbocycles. The van der Waals surface area contributed by atoms with Gasteiger partial charge in [-0.1, -0.05) is 0 Å². The van der Waals surface area contributed by atoms with Crippen LogP contribution < -0.4 is 19.1 Å². The van der Waals surface area contributed by atoms with E-state index < -0.39 is 0 Å². The number of anilines is 1. The Balaban J connectivity index is 1.58. The van der Waals surface area contributed by atoms with Gasteiger partial charge < -0.3 is 19.1 Å². The summed E-state index contributed by atoms with van der Waals surface area (Å²) in [5.41, 5.74) is 2.47. The SMILES string of the molecule is COc1ccc(N2CCN(Cc3cc(OC)cc(OC)c3)CC2)cc1. The van der Waals surface area contributed by atoms with Gasteiger partial charge in [0.05, 0.1) is 21.3 Å². The molecule has 1 aliphatic rings. The van der Waals surface area contributed by atoms with Gasteiger partial charge in [0.15, 0.2) is 0 Å². The van der Waals surface area contributed by atoms with E-state index in [1.165, 1.54) is 11.3 Å². The Labute approximate surface area is 149 Å². The van der Waals surface area contributed by atoms with Crippen LogP contribution in [0, 0.1) is 0 Å². The van der Waals surface area contributed by atoms with Crippen LogP contribution in [0.1, 0.15) is 5.56 Å². The van der Waals surface area contributed by atoms with Crippen LogP contribution in [0.3, 0.4) is 0 Å². The molecule has 0 unspecified atom stereocenters. The maximum Gasteiger partial charge on any atom is 0.122 e. The second kappa shape index (κ2) is 8.12. The number of methoxy groups -OCH3 is 3. The summed E-state index contributed by atoms with van der Waals surface area (Å²) < 4.78 is 16.0. The van der Waals surface area contributed by atoms with Crippen LogP contribution in [-0.2, 0) is 6.54 Å². The largest absolute Gasteiger partial charge is 0.497 e. The molecule has 0 amide bonds. The lowest BCUT2D eigenvalue weighted by Gasteiger charge is -2.36. The van der Waals surface area contributed by atoms with Crippen molar-refractivity contribution in [3.8, 4) is 17.2 Å². The Morgan fingerprint density at radius 2 is 1.28 bits per heavy atom. The van der Waals surface area contributed by atoms with Gasteiger partial charge in [-0.3, -0.25) is 4.90 Å². The minimum absolute atomic E-state index is 0.839. The summed E-state index contributed by atoms with van der Waals surface area (Å²) in [6.07, 6.45) is 0. The fraction of sp³-hybridized carbons (Fsp3) is 0.400. The zero-order chi connectivity index (χ0) is 17.6. The molecule has 3 rings (SSSR count). The molecule has 25 heavy (non-hydrogen) atoms. The monoisotopic (exact) mass is 342 g/mol. The minimum Gasteiger partial charge on any atom is -0.497 e. The summed E-state index contributed by atoms with van der Waals surface area (Å²) >= 11 is 0. The summed E-state index contributed by atoms with van der Waals surface area (Å²) in [6, 6.07) is 14.4. The van der Waals surface area contributed by atoms with Gasteiger partial charge in [0.25, 0.3) is 0 Å². The molecule has 1 fully saturated rings. The van der Waals surface area contributed by atoms with Gasteiger partial charge in [-0.15, -0.1) is 0 Å². The molecule has 5 nitrogen and oxygen atoms in total. The Morgan fingerprint density at radius 1 is 0.720 bits per heavy atom. The van der Waals surface area contributed by atoms with Crippen molar-refractivity contribution in [3.05, 3.63) is 48.0 Å². The molecule has 1 saturated heterocycles. The van der Waals surface area contributed by atoms with Crippen LogP contribution in [0.2, 0.25) is 0 Å². The zero-order valence-corrected chi connectivity index (χ0v) is 15.2. The number of hydrogen-bond acceptors (Lipinski definition) is 5. The average Bonchev–Trinajstić information content (AvgIpc) is 2.68. The van der Waals surface area contributed by atoms with Gasteiger partial charge in [0, 0.05) is 44.5 Å². The number of hydrogen-bond donors (Lipinski definition) is 0. The Morgan fingerprint density at radius 3 is 1.80 bits per heavy atom.